The Morgan fingerprint density at radius 3 is 2.95 bits per heavy atom. The lowest BCUT2D eigenvalue weighted by Crippen LogP contribution is -2.28. The molecule has 2 amide bonds. The van der Waals surface area contributed by atoms with Crippen molar-refractivity contribution >= 4 is 22.5 Å². The zero-order chi connectivity index (χ0) is 15.5. The smallest absolute Gasteiger partial charge is 0.341 e. The van der Waals surface area contributed by atoms with E-state index in [1.54, 1.807) is 36.9 Å². The van der Waals surface area contributed by atoms with E-state index < -0.39 is 6.03 Å². The van der Waals surface area contributed by atoms with Gasteiger partial charge >= 0.3 is 6.03 Å². The maximum Gasteiger partial charge on any atom is 0.341 e. The summed E-state index contributed by atoms with van der Waals surface area (Å²) in [6.07, 6.45) is 4.98. The molecule has 0 unspecified atom stereocenters. The van der Waals surface area contributed by atoms with Crippen molar-refractivity contribution in [2.75, 3.05) is 10.7 Å². The largest absolute Gasteiger partial charge is 0.463 e. The van der Waals surface area contributed by atoms with Crippen molar-refractivity contribution in [3.63, 3.8) is 0 Å². The van der Waals surface area contributed by atoms with Gasteiger partial charge in [0.25, 0.3) is 0 Å². The van der Waals surface area contributed by atoms with Gasteiger partial charge in [0.1, 0.15) is 5.69 Å². The van der Waals surface area contributed by atoms with Crippen LogP contribution < -0.4 is 10.7 Å². The van der Waals surface area contributed by atoms with Gasteiger partial charge in [-0.2, -0.15) is 4.79 Å². The van der Waals surface area contributed by atoms with Gasteiger partial charge in [0.05, 0.1) is 6.26 Å². The van der Waals surface area contributed by atoms with Gasteiger partial charge in [-0.15, -0.1) is 16.4 Å². The lowest BCUT2D eigenvalue weighted by Gasteiger charge is -2.04. The first kappa shape index (κ1) is 14.3. The molecule has 0 aromatic carbocycles. The number of anilines is 1. The monoisotopic (exact) mass is 317 g/mol. The van der Waals surface area contributed by atoms with Gasteiger partial charge in [-0.25, -0.2) is 15.2 Å². The predicted octanol–water partition coefficient (Wildman–Crippen LogP) is 3.50. The summed E-state index contributed by atoms with van der Waals surface area (Å²) in [6.45, 7) is 4.16. The number of aromatic nitrogens is 3. The first-order valence-electron chi connectivity index (χ1n) is 6.75. The number of hydrogen-bond donors (Lipinski definition) is 2. The van der Waals surface area contributed by atoms with E-state index in [-0.39, 0.29) is 0 Å². The second-order valence-corrected chi connectivity index (χ2v) is 5.97. The highest BCUT2D eigenvalue weighted by Gasteiger charge is 2.10. The fourth-order valence-corrected chi connectivity index (χ4v) is 2.60. The number of thiazole rings is 1. The Morgan fingerprint density at radius 1 is 1.41 bits per heavy atom. The predicted molar refractivity (Wildman–Crippen MR) is 84.5 cm³/mol. The molecule has 0 radical (unpaired) electrons. The van der Waals surface area contributed by atoms with Gasteiger partial charge in [0.2, 0.25) is 0 Å². The Balaban J connectivity index is 1.62. The minimum atomic E-state index is -0.404. The second kappa shape index (κ2) is 6.02. The lowest BCUT2D eigenvalue weighted by molar-refractivity contribution is 0.259. The zero-order valence-corrected chi connectivity index (χ0v) is 12.9. The SMILES string of the molecule is CC(C)c1cnc(NC(=O)Nn2ccc(-c3ccco3)n2)s1. The van der Waals surface area contributed by atoms with Crippen LogP contribution in [0.1, 0.15) is 24.6 Å². The summed E-state index contributed by atoms with van der Waals surface area (Å²) in [5.74, 6) is 1.03. The summed E-state index contributed by atoms with van der Waals surface area (Å²) in [5, 5.41) is 7.44. The highest BCUT2D eigenvalue weighted by atomic mass is 32.1. The second-order valence-electron chi connectivity index (χ2n) is 4.91. The van der Waals surface area contributed by atoms with Crippen LogP contribution in [0.15, 0.2) is 41.3 Å². The summed E-state index contributed by atoms with van der Waals surface area (Å²) < 4.78 is 5.25. The van der Waals surface area contributed by atoms with E-state index in [2.05, 4.69) is 34.7 Å². The molecule has 8 heteroatoms. The van der Waals surface area contributed by atoms with Crippen molar-refractivity contribution in [3.8, 4) is 11.5 Å². The first-order valence-corrected chi connectivity index (χ1v) is 7.57. The summed E-state index contributed by atoms with van der Waals surface area (Å²) in [6, 6.07) is 4.93. The standard InChI is InChI=1S/C14H15N5O2S/c1-9(2)12-8-15-14(22-12)16-13(20)18-19-6-5-10(17-19)11-4-3-7-21-11/h3-9H,1-2H3,(H2,15,16,18,20). The molecule has 22 heavy (non-hydrogen) atoms. The quantitative estimate of drug-likeness (QED) is 0.771. The molecule has 0 aliphatic carbocycles. The van der Waals surface area contributed by atoms with Crippen molar-refractivity contribution in [1.29, 1.82) is 0 Å². The normalized spacial score (nSPS) is 10.9. The summed E-state index contributed by atoms with van der Waals surface area (Å²) in [5.41, 5.74) is 3.23. The third kappa shape index (κ3) is 3.17. The van der Waals surface area contributed by atoms with Crippen LogP contribution in [0.2, 0.25) is 0 Å². The summed E-state index contributed by atoms with van der Waals surface area (Å²) in [4.78, 5) is 18.5. The number of carbonyl (C=O) groups is 1. The fourth-order valence-electron chi connectivity index (χ4n) is 1.78. The fraction of sp³-hybridized carbons (Fsp3) is 0.214. The van der Waals surface area contributed by atoms with Crippen molar-refractivity contribution in [2.24, 2.45) is 0 Å². The molecule has 0 aliphatic heterocycles. The molecule has 3 heterocycles. The van der Waals surface area contributed by atoms with Gasteiger partial charge in [-0.1, -0.05) is 13.8 Å². The molecule has 0 aliphatic rings. The molecule has 0 spiro atoms. The number of nitrogens with one attached hydrogen (secondary N) is 2. The van der Waals surface area contributed by atoms with Crippen molar-refractivity contribution in [3.05, 3.63) is 41.7 Å². The average Bonchev–Trinajstić information content (AvgIpc) is 3.18. The van der Waals surface area contributed by atoms with Gasteiger partial charge in [-0.3, -0.25) is 5.32 Å². The first-order chi connectivity index (χ1) is 10.6. The topological polar surface area (TPSA) is 85.0 Å². The molecule has 114 valence electrons. The van der Waals surface area contributed by atoms with Gasteiger partial charge in [-0.05, 0) is 24.1 Å². The molecule has 3 rings (SSSR count). The Morgan fingerprint density at radius 2 is 2.27 bits per heavy atom. The van der Waals surface area contributed by atoms with Crippen LogP contribution in [-0.4, -0.2) is 20.9 Å². The van der Waals surface area contributed by atoms with Crippen molar-refractivity contribution in [2.45, 2.75) is 19.8 Å². The van der Waals surface area contributed by atoms with Crippen LogP contribution in [0, 0.1) is 0 Å². The van der Waals surface area contributed by atoms with Gasteiger partial charge in [0, 0.05) is 17.3 Å². The number of furan rings is 1. The minimum absolute atomic E-state index is 0.387. The molecule has 0 atom stereocenters. The van der Waals surface area contributed by atoms with E-state index in [4.69, 9.17) is 4.42 Å². The molecule has 0 saturated carbocycles. The molecule has 2 N–H and O–H groups in total. The Hall–Kier alpha value is -2.61. The van der Waals surface area contributed by atoms with Crippen LogP contribution in [0.25, 0.3) is 11.5 Å². The van der Waals surface area contributed by atoms with Crippen molar-refractivity contribution < 1.29 is 9.21 Å². The number of carbonyl (C=O) groups excluding carboxylic acids is 1. The molecular weight excluding hydrogens is 302 g/mol. The van der Waals surface area contributed by atoms with E-state index in [1.807, 2.05) is 0 Å². The summed E-state index contributed by atoms with van der Waals surface area (Å²) >= 11 is 1.46. The third-order valence-corrected chi connectivity index (χ3v) is 4.11. The van der Waals surface area contributed by atoms with E-state index in [9.17, 15) is 4.79 Å². The van der Waals surface area contributed by atoms with E-state index >= 15 is 0 Å². The zero-order valence-electron chi connectivity index (χ0n) is 12.1. The average molecular weight is 317 g/mol. The minimum Gasteiger partial charge on any atom is -0.463 e. The Kier molecular flexibility index (Phi) is 3.92. The molecule has 0 fully saturated rings. The summed E-state index contributed by atoms with van der Waals surface area (Å²) in [7, 11) is 0. The maximum atomic E-state index is 11.9. The molecule has 3 aromatic heterocycles. The maximum absolute atomic E-state index is 11.9. The van der Waals surface area contributed by atoms with Crippen LogP contribution in [0.3, 0.4) is 0 Å². The number of urea groups is 1. The molecule has 7 nitrogen and oxygen atoms in total. The molecule has 3 aromatic rings. The molecular formula is C14H15N5O2S. The highest BCUT2D eigenvalue weighted by molar-refractivity contribution is 7.15. The van der Waals surface area contributed by atoms with Crippen LogP contribution >= 0.6 is 11.3 Å². The molecule has 0 saturated heterocycles. The van der Waals surface area contributed by atoms with E-state index in [1.165, 1.54) is 16.1 Å². The number of hydrogen-bond acceptors (Lipinski definition) is 5. The molecule has 0 bridgehead atoms. The van der Waals surface area contributed by atoms with Crippen LogP contribution in [0.4, 0.5) is 9.93 Å². The van der Waals surface area contributed by atoms with Gasteiger partial charge in [0.15, 0.2) is 10.9 Å². The van der Waals surface area contributed by atoms with Crippen LogP contribution in [0.5, 0.6) is 0 Å². The van der Waals surface area contributed by atoms with Crippen LogP contribution in [-0.2, 0) is 0 Å². The Labute approximate surface area is 130 Å². The lowest BCUT2D eigenvalue weighted by atomic mass is 10.2. The Bertz CT molecular complexity index is 760. The highest BCUT2D eigenvalue weighted by Crippen LogP contribution is 2.25. The third-order valence-electron chi connectivity index (χ3n) is 2.89. The number of rotatable bonds is 4. The van der Waals surface area contributed by atoms with E-state index in [0.717, 1.165) is 4.88 Å². The number of nitrogens with zero attached hydrogens (tertiary/aromatic N) is 3. The van der Waals surface area contributed by atoms with Gasteiger partial charge < -0.3 is 4.42 Å². The van der Waals surface area contributed by atoms with E-state index in [0.29, 0.717) is 22.5 Å². The van der Waals surface area contributed by atoms with Crippen molar-refractivity contribution in [1.82, 2.24) is 14.9 Å². The number of amides is 2.